The number of amides is 2. The molecule has 5 aromatic rings. The number of carbonyl (C=O) groups excluding carboxylic acids is 3. The molecular formula is C29H23N3O5. The van der Waals surface area contributed by atoms with Crippen LogP contribution in [0.15, 0.2) is 89.3 Å². The van der Waals surface area contributed by atoms with Crippen molar-refractivity contribution in [2.75, 3.05) is 10.6 Å². The first kappa shape index (κ1) is 23.7. The number of benzene rings is 4. The van der Waals surface area contributed by atoms with Crippen LogP contribution in [0.5, 0.6) is 0 Å². The number of ether oxygens (including phenoxy) is 1. The fraction of sp³-hybridized carbons (Fsp3) is 0.103. The van der Waals surface area contributed by atoms with Crippen molar-refractivity contribution in [2.45, 2.75) is 20.0 Å². The number of nitrogens with one attached hydrogen (secondary N) is 2. The molecule has 2 amide bonds. The van der Waals surface area contributed by atoms with Crippen LogP contribution in [-0.2, 0) is 14.3 Å². The first-order valence-corrected chi connectivity index (χ1v) is 11.7. The van der Waals surface area contributed by atoms with Crippen molar-refractivity contribution < 1.29 is 23.5 Å². The second kappa shape index (κ2) is 9.94. The summed E-state index contributed by atoms with van der Waals surface area (Å²) in [6, 6.07) is 25.0. The van der Waals surface area contributed by atoms with Crippen molar-refractivity contribution in [3.8, 4) is 11.5 Å². The highest BCUT2D eigenvalue weighted by molar-refractivity contribution is 6.10. The molecule has 0 aliphatic rings. The lowest BCUT2D eigenvalue weighted by atomic mass is 9.99. The van der Waals surface area contributed by atoms with Crippen LogP contribution in [0.3, 0.4) is 0 Å². The third-order valence-corrected chi connectivity index (χ3v) is 5.77. The summed E-state index contributed by atoms with van der Waals surface area (Å²) in [7, 11) is 0. The van der Waals surface area contributed by atoms with E-state index in [4.69, 9.17) is 9.15 Å². The molecule has 0 saturated heterocycles. The number of fused-ring (bicyclic) bond motifs is 2. The normalized spacial score (nSPS) is 11.7. The number of para-hydroxylation sites is 2. The number of oxazole rings is 1. The van der Waals surface area contributed by atoms with E-state index in [1.54, 1.807) is 36.4 Å². The average Bonchev–Trinajstić information content (AvgIpc) is 3.33. The Kier molecular flexibility index (Phi) is 6.38. The molecule has 37 heavy (non-hydrogen) atoms. The highest BCUT2D eigenvalue weighted by Crippen LogP contribution is 2.33. The van der Waals surface area contributed by atoms with Crippen LogP contribution in [0, 0.1) is 0 Å². The lowest BCUT2D eigenvalue weighted by Crippen LogP contribution is -2.30. The lowest BCUT2D eigenvalue weighted by Gasteiger charge is -2.15. The molecule has 1 unspecified atom stereocenters. The van der Waals surface area contributed by atoms with Crippen molar-refractivity contribution in [3.63, 3.8) is 0 Å². The monoisotopic (exact) mass is 493 g/mol. The fourth-order valence-electron chi connectivity index (χ4n) is 4.04. The van der Waals surface area contributed by atoms with E-state index in [0.29, 0.717) is 44.9 Å². The second-order valence-electron chi connectivity index (χ2n) is 8.49. The maximum atomic E-state index is 13.2. The van der Waals surface area contributed by atoms with E-state index >= 15 is 0 Å². The van der Waals surface area contributed by atoms with Crippen LogP contribution < -0.4 is 10.6 Å². The highest BCUT2D eigenvalue weighted by atomic mass is 16.5. The summed E-state index contributed by atoms with van der Waals surface area (Å²) < 4.78 is 11.5. The Bertz CT molecular complexity index is 1600. The van der Waals surface area contributed by atoms with E-state index in [0.717, 1.165) is 5.39 Å². The van der Waals surface area contributed by atoms with Crippen LogP contribution in [0.2, 0.25) is 0 Å². The van der Waals surface area contributed by atoms with Gasteiger partial charge in [0.1, 0.15) is 5.52 Å². The predicted octanol–water partition coefficient (Wildman–Crippen LogP) is 5.79. The Morgan fingerprint density at radius 1 is 0.838 bits per heavy atom. The van der Waals surface area contributed by atoms with Crippen molar-refractivity contribution >= 4 is 51.0 Å². The summed E-state index contributed by atoms with van der Waals surface area (Å²) in [6.45, 7) is 2.92. The summed E-state index contributed by atoms with van der Waals surface area (Å²) in [6.07, 6.45) is -1.06. The van der Waals surface area contributed by atoms with Gasteiger partial charge in [0.25, 0.3) is 5.91 Å². The first-order valence-electron chi connectivity index (χ1n) is 11.7. The number of hydrogen-bond acceptors (Lipinski definition) is 6. The molecule has 2 N–H and O–H groups in total. The maximum Gasteiger partial charge on any atom is 0.339 e. The van der Waals surface area contributed by atoms with E-state index in [-0.39, 0.29) is 5.91 Å². The molecule has 0 radical (unpaired) electrons. The largest absolute Gasteiger partial charge is 0.449 e. The number of carbonyl (C=O) groups is 3. The van der Waals surface area contributed by atoms with Gasteiger partial charge in [-0.1, -0.05) is 36.4 Å². The number of esters is 1. The van der Waals surface area contributed by atoms with Gasteiger partial charge in [0.15, 0.2) is 11.7 Å². The predicted molar refractivity (Wildman–Crippen MR) is 141 cm³/mol. The van der Waals surface area contributed by atoms with Crippen molar-refractivity contribution in [2.24, 2.45) is 0 Å². The zero-order valence-electron chi connectivity index (χ0n) is 20.1. The summed E-state index contributed by atoms with van der Waals surface area (Å²) in [4.78, 5) is 41.7. The van der Waals surface area contributed by atoms with Gasteiger partial charge in [-0.2, -0.15) is 0 Å². The molecule has 0 fully saturated rings. The van der Waals surface area contributed by atoms with Gasteiger partial charge in [-0.25, -0.2) is 9.78 Å². The minimum absolute atomic E-state index is 0.190. The van der Waals surface area contributed by atoms with Crippen LogP contribution in [0.1, 0.15) is 24.2 Å². The van der Waals surface area contributed by atoms with Crippen molar-refractivity contribution in [1.82, 2.24) is 4.98 Å². The number of rotatable bonds is 6. The molecule has 0 aliphatic carbocycles. The van der Waals surface area contributed by atoms with Crippen molar-refractivity contribution in [1.29, 1.82) is 0 Å². The molecule has 0 aliphatic heterocycles. The van der Waals surface area contributed by atoms with Gasteiger partial charge < -0.3 is 19.8 Å². The molecule has 184 valence electrons. The Morgan fingerprint density at radius 2 is 1.51 bits per heavy atom. The molecule has 1 aromatic heterocycles. The number of aromatic nitrogens is 1. The van der Waals surface area contributed by atoms with Gasteiger partial charge in [-0.15, -0.1) is 0 Å². The van der Waals surface area contributed by atoms with Gasteiger partial charge in [-0.05, 0) is 60.8 Å². The maximum absolute atomic E-state index is 13.2. The minimum Gasteiger partial charge on any atom is -0.449 e. The van der Waals surface area contributed by atoms with Gasteiger partial charge in [-0.3, -0.25) is 9.59 Å². The van der Waals surface area contributed by atoms with Crippen LogP contribution in [0.25, 0.3) is 33.3 Å². The molecule has 8 nitrogen and oxygen atoms in total. The third kappa shape index (κ3) is 5.04. The molecule has 8 heteroatoms. The van der Waals surface area contributed by atoms with E-state index in [9.17, 15) is 14.4 Å². The standard InChI is InChI=1S/C29H23N3O5/c1-17(27(34)31-21-15-13-20(14-16-21)30-18(2)33)36-29(35)23-10-6-8-19-7-5-9-22(26(19)23)28-32-24-11-3-4-12-25(24)37-28/h3-17H,1-2H3,(H,30,33)(H,31,34). The van der Waals surface area contributed by atoms with Crippen LogP contribution in [0.4, 0.5) is 11.4 Å². The smallest absolute Gasteiger partial charge is 0.339 e. The van der Waals surface area contributed by atoms with Gasteiger partial charge in [0.2, 0.25) is 11.8 Å². The van der Waals surface area contributed by atoms with Gasteiger partial charge in [0.05, 0.1) is 5.56 Å². The molecule has 5 rings (SSSR count). The van der Waals surface area contributed by atoms with Gasteiger partial charge >= 0.3 is 5.97 Å². The Morgan fingerprint density at radius 3 is 2.22 bits per heavy atom. The third-order valence-electron chi connectivity index (χ3n) is 5.77. The quantitative estimate of drug-likeness (QED) is 0.290. The molecule has 4 aromatic carbocycles. The fourth-order valence-corrected chi connectivity index (χ4v) is 4.04. The second-order valence-corrected chi connectivity index (χ2v) is 8.49. The summed E-state index contributed by atoms with van der Waals surface area (Å²) in [5.41, 5.74) is 3.42. The van der Waals surface area contributed by atoms with E-state index in [1.807, 2.05) is 48.5 Å². The Balaban J connectivity index is 1.38. The van der Waals surface area contributed by atoms with Crippen LogP contribution >= 0.6 is 0 Å². The summed E-state index contributed by atoms with van der Waals surface area (Å²) >= 11 is 0. The summed E-state index contributed by atoms with van der Waals surface area (Å²) in [5.74, 6) is -0.927. The van der Waals surface area contributed by atoms with E-state index in [1.165, 1.54) is 13.8 Å². The first-order chi connectivity index (χ1) is 17.9. The van der Waals surface area contributed by atoms with Crippen LogP contribution in [-0.4, -0.2) is 28.9 Å². The Labute approximate surface area is 212 Å². The lowest BCUT2D eigenvalue weighted by molar-refractivity contribution is -0.123. The average molecular weight is 494 g/mol. The zero-order chi connectivity index (χ0) is 25.9. The van der Waals surface area contributed by atoms with Crippen molar-refractivity contribution in [3.05, 3.63) is 90.5 Å². The topological polar surface area (TPSA) is 111 Å². The molecule has 1 heterocycles. The molecule has 0 spiro atoms. The van der Waals surface area contributed by atoms with E-state index < -0.39 is 18.0 Å². The number of anilines is 2. The number of nitrogens with zero attached hydrogens (tertiary/aromatic N) is 1. The van der Waals surface area contributed by atoms with E-state index in [2.05, 4.69) is 15.6 Å². The SMILES string of the molecule is CC(=O)Nc1ccc(NC(=O)C(C)OC(=O)c2cccc3cccc(-c4nc5ccccc5o4)c23)cc1. The Hall–Kier alpha value is -4.98. The zero-order valence-corrected chi connectivity index (χ0v) is 20.1. The molecule has 0 bridgehead atoms. The number of hydrogen-bond donors (Lipinski definition) is 2. The highest BCUT2D eigenvalue weighted by Gasteiger charge is 2.23. The molecular weight excluding hydrogens is 470 g/mol. The van der Waals surface area contributed by atoms with Gasteiger partial charge in [0, 0.05) is 29.2 Å². The molecule has 1 atom stereocenters. The summed E-state index contributed by atoms with van der Waals surface area (Å²) in [5, 5.41) is 6.81. The molecule has 0 saturated carbocycles. The minimum atomic E-state index is -1.06.